The Labute approximate surface area is 148 Å². The average molecular weight is 338 g/mol. The molecule has 0 atom stereocenters. The van der Waals surface area contributed by atoms with Crippen LogP contribution in [0.2, 0.25) is 0 Å². The summed E-state index contributed by atoms with van der Waals surface area (Å²) in [7, 11) is 0. The number of benzene rings is 2. The second kappa shape index (κ2) is 9.99. The van der Waals surface area contributed by atoms with Gasteiger partial charge in [-0.2, -0.15) is 5.26 Å². The van der Waals surface area contributed by atoms with E-state index in [0.717, 1.165) is 22.6 Å². The lowest BCUT2D eigenvalue weighted by Gasteiger charge is -2.09. The topological polar surface area (TPSA) is 71.3 Å². The van der Waals surface area contributed by atoms with Crippen molar-refractivity contribution in [2.24, 2.45) is 0 Å². The average Bonchev–Trinajstić information content (AvgIpc) is 2.60. The minimum atomic E-state index is -0.240. The zero-order chi connectivity index (χ0) is 17.9. The van der Waals surface area contributed by atoms with Crippen LogP contribution in [-0.2, 0) is 11.2 Å². The highest BCUT2D eigenvalue weighted by Gasteiger charge is 2.00. The van der Waals surface area contributed by atoms with E-state index in [-0.39, 0.29) is 12.3 Å². The summed E-state index contributed by atoms with van der Waals surface area (Å²) in [6, 6.07) is 17.5. The Hall–Kier alpha value is -3.00. The fourth-order valence-electron chi connectivity index (χ4n) is 2.26. The Morgan fingerprint density at radius 1 is 1.08 bits per heavy atom. The van der Waals surface area contributed by atoms with E-state index >= 15 is 0 Å². The minimum absolute atomic E-state index is 0.0998. The van der Waals surface area contributed by atoms with Crippen molar-refractivity contribution >= 4 is 5.91 Å². The van der Waals surface area contributed by atoms with Crippen molar-refractivity contribution in [1.29, 1.82) is 5.26 Å². The molecule has 0 bridgehead atoms. The molecule has 25 heavy (non-hydrogen) atoms. The lowest BCUT2D eigenvalue weighted by Crippen LogP contribution is -2.24. The third-order valence-electron chi connectivity index (χ3n) is 3.51. The van der Waals surface area contributed by atoms with Crippen LogP contribution in [-0.4, -0.2) is 25.7 Å². The first-order valence-corrected chi connectivity index (χ1v) is 8.22. The molecule has 0 aliphatic rings. The fourth-order valence-corrected chi connectivity index (χ4v) is 2.26. The SMILES string of the molecule is Cc1cccc(OCCOc2ccc(CCNC(=O)CC#N)cc2)c1. The van der Waals surface area contributed by atoms with Crippen molar-refractivity contribution in [2.45, 2.75) is 19.8 Å². The molecule has 2 aromatic rings. The summed E-state index contributed by atoms with van der Waals surface area (Å²) < 4.78 is 11.3. The van der Waals surface area contributed by atoms with Gasteiger partial charge in [-0.1, -0.05) is 24.3 Å². The van der Waals surface area contributed by atoms with Gasteiger partial charge >= 0.3 is 0 Å². The highest BCUT2D eigenvalue weighted by atomic mass is 16.5. The third-order valence-corrected chi connectivity index (χ3v) is 3.51. The highest BCUT2D eigenvalue weighted by Crippen LogP contribution is 2.14. The first-order chi connectivity index (χ1) is 12.2. The van der Waals surface area contributed by atoms with Gasteiger partial charge in [-0.15, -0.1) is 0 Å². The first-order valence-electron chi connectivity index (χ1n) is 8.22. The second-order valence-electron chi connectivity index (χ2n) is 5.59. The molecule has 5 nitrogen and oxygen atoms in total. The van der Waals surface area contributed by atoms with Gasteiger partial charge in [-0.05, 0) is 48.7 Å². The maximum Gasteiger partial charge on any atom is 0.234 e. The molecule has 0 heterocycles. The van der Waals surface area contributed by atoms with Crippen LogP contribution >= 0.6 is 0 Å². The van der Waals surface area contributed by atoms with Crippen molar-refractivity contribution in [3.63, 3.8) is 0 Å². The van der Waals surface area contributed by atoms with Gasteiger partial charge in [-0.25, -0.2) is 0 Å². The number of aryl methyl sites for hydroxylation is 1. The summed E-state index contributed by atoms with van der Waals surface area (Å²) in [6.45, 7) is 3.50. The van der Waals surface area contributed by atoms with Crippen LogP contribution in [0.15, 0.2) is 48.5 Å². The van der Waals surface area contributed by atoms with Crippen LogP contribution in [0.1, 0.15) is 17.5 Å². The van der Waals surface area contributed by atoms with Crippen molar-refractivity contribution in [3.8, 4) is 17.6 Å². The number of hydrogen-bond acceptors (Lipinski definition) is 4. The molecule has 130 valence electrons. The van der Waals surface area contributed by atoms with E-state index in [4.69, 9.17) is 14.7 Å². The first kappa shape index (κ1) is 18.3. The van der Waals surface area contributed by atoms with Crippen LogP contribution in [0.25, 0.3) is 0 Å². The van der Waals surface area contributed by atoms with Gasteiger partial charge < -0.3 is 14.8 Å². The van der Waals surface area contributed by atoms with Gasteiger partial charge in [0.1, 0.15) is 31.1 Å². The zero-order valence-electron chi connectivity index (χ0n) is 14.3. The Morgan fingerprint density at radius 3 is 2.48 bits per heavy atom. The molecule has 0 saturated carbocycles. The molecule has 0 saturated heterocycles. The molecule has 0 unspecified atom stereocenters. The van der Waals surface area contributed by atoms with E-state index in [1.807, 2.05) is 61.5 Å². The van der Waals surface area contributed by atoms with Gasteiger partial charge in [0.15, 0.2) is 0 Å². The van der Waals surface area contributed by atoms with Crippen molar-refractivity contribution in [3.05, 3.63) is 59.7 Å². The molecule has 0 radical (unpaired) electrons. The third kappa shape index (κ3) is 6.96. The molecule has 0 aliphatic carbocycles. The number of nitrogens with one attached hydrogen (secondary N) is 1. The standard InChI is InChI=1S/C20H22N2O3/c1-16-3-2-4-19(15-16)25-14-13-24-18-7-5-17(6-8-18)10-12-22-20(23)9-11-21/h2-8,15H,9-10,12-14H2,1H3,(H,22,23). The van der Waals surface area contributed by atoms with Crippen LogP contribution in [0.4, 0.5) is 0 Å². The van der Waals surface area contributed by atoms with E-state index in [2.05, 4.69) is 5.32 Å². The van der Waals surface area contributed by atoms with E-state index in [0.29, 0.717) is 26.2 Å². The monoisotopic (exact) mass is 338 g/mol. The molecular weight excluding hydrogens is 316 g/mol. The van der Waals surface area contributed by atoms with E-state index < -0.39 is 0 Å². The summed E-state index contributed by atoms with van der Waals surface area (Å²) >= 11 is 0. The summed E-state index contributed by atoms with van der Waals surface area (Å²) in [5, 5.41) is 11.1. The van der Waals surface area contributed by atoms with Crippen molar-refractivity contribution in [1.82, 2.24) is 5.32 Å². The number of nitrogens with zero attached hydrogens (tertiary/aromatic N) is 1. The number of ether oxygens (including phenoxy) is 2. The normalized spacial score (nSPS) is 9.92. The Morgan fingerprint density at radius 2 is 1.80 bits per heavy atom. The van der Waals surface area contributed by atoms with Crippen LogP contribution < -0.4 is 14.8 Å². The quantitative estimate of drug-likeness (QED) is 0.714. The van der Waals surface area contributed by atoms with Gasteiger partial charge in [0.05, 0.1) is 6.07 Å². The van der Waals surface area contributed by atoms with Gasteiger partial charge in [0, 0.05) is 6.54 Å². The number of carbonyl (C=O) groups is 1. The van der Waals surface area contributed by atoms with E-state index in [1.54, 1.807) is 0 Å². The molecule has 0 fully saturated rings. The van der Waals surface area contributed by atoms with Gasteiger partial charge in [-0.3, -0.25) is 4.79 Å². The Kier molecular flexibility index (Phi) is 7.33. The van der Waals surface area contributed by atoms with Crippen LogP contribution in [0.5, 0.6) is 11.5 Å². The predicted octanol–water partition coefficient (Wildman–Crippen LogP) is 3.03. The summed E-state index contributed by atoms with van der Waals surface area (Å²) in [5.74, 6) is 1.39. The maximum atomic E-state index is 11.2. The summed E-state index contributed by atoms with van der Waals surface area (Å²) in [5.41, 5.74) is 2.26. The zero-order valence-corrected chi connectivity index (χ0v) is 14.3. The lowest BCUT2D eigenvalue weighted by atomic mass is 10.1. The van der Waals surface area contributed by atoms with Gasteiger partial charge in [0.2, 0.25) is 5.91 Å². The number of hydrogen-bond donors (Lipinski definition) is 1. The minimum Gasteiger partial charge on any atom is -0.490 e. The largest absolute Gasteiger partial charge is 0.490 e. The molecule has 0 aromatic heterocycles. The molecule has 5 heteroatoms. The number of amides is 1. The number of carbonyl (C=O) groups excluding carboxylic acids is 1. The summed E-state index contributed by atoms with van der Waals surface area (Å²) in [6.07, 6.45) is 0.616. The maximum absolute atomic E-state index is 11.2. The number of nitriles is 1. The lowest BCUT2D eigenvalue weighted by molar-refractivity contribution is -0.120. The van der Waals surface area contributed by atoms with E-state index in [1.165, 1.54) is 0 Å². The Balaban J connectivity index is 1.66. The van der Waals surface area contributed by atoms with E-state index in [9.17, 15) is 4.79 Å². The highest BCUT2D eigenvalue weighted by molar-refractivity contribution is 5.77. The van der Waals surface area contributed by atoms with Crippen LogP contribution in [0.3, 0.4) is 0 Å². The fraction of sp³-hybridized carbons (Fsp3) is 0.300. The van der Waals surface area contributed by atoms with Gasteiger partial charge in [0.25, 0.3) is 0 Å². The molecule has 2 rings (SSSR count). The second-order valence-corrected chi connectivity index (χ2v) is 5.59. The molecule has 1 N–H and O–H groups in total. The van der Waals surface area contributed by atoms with Crippen molar-refractivity contribution < 1.29 is 14.3 Å². The molecule has 0 aliphatic heterocycles. The van der Waals surface area contributed by atoms with Crippen LogP contribution in [0, 0.1) is 18.3 Å². The Bertz CT molecular complexity index is 720. The smallest absolute Gasteiger partial charge is 0.234 e. The van der Waals surface area contributed by atoms with Crippen molar-refractivity contribution in [2.75, 3.05) is 19.8 Å². The number of rotatable bonds is 9. The molecule has 0 spiro atoms. The molecule has 2 aromatic carbocycles. The molecule has 1 amide bonds. The molecular formula is C20H22N2O3. The summed E-state index contributed by atoms with van der Waals surface area (Å²) in [4.78, 5) is 11.2. The predicted molar refractivity (Wildman–Crippen MR) is 95.6 cm³/mol.